The summed E-state index contributed by atoms with van der Waals surface area (Å²) in [6.45, 7) is 5.07. The fourth-order valence-corrected chi connectivity index (χ4v) is 2.06. The van der Waals surface area contributed by atoms with E-state index in [1.165, 1.54) is 6.42 Å². The van der Waals surface area contributed by atoms with E-state index < -0.39 is 5.54 Å². The van der Waals surface area contributed by atoms with Crippen LogP contribution in [0.4, 0.5) is 0 Å². The monoisotopic (exact) mass is 248 g/mol. The van der Waals surface area contributed by atoms with E-state index in [4.69, 9.17) is 5.73 Å². The molecule has 1 rings (SSSR count). The molecule has 0 atom stereocenters. The Bertz CT molecular complexity index is 213. The van der Waals surface area contributed by atoms with Crippen molar-refractivity contribution in [2.24, 2.45) is 11.7 Å². The van der Waals surface area contributed by atoms with Gasteiger partial charge in [-0.15, -0.1) is 12.4 Å². The zero-order chi connectivity index (χ0) is 11.3. The fourth-order valence-electron chi connectivity index (χ4n) is 2.06. The van der Waals surface area contributed by atoms with Crippen LogP contribution in [0.3, 0.4) is 0 Å². The van der Waals surface area contributed by atoms with E-state index in [2.05, 4.69) is 19.2 Å². The Kier molecular flexibility index (Phi) is 7.00. The molecule has 0 spiro atoms. The second-order valence-electron chi connectivity index (χ2n) is 5.16. The summed E-state index contributed by atoms with van der Waals surface area (Å²) in [5.41, 5.74) is 5.53. The first-order chi connectivity index (χ1) is 7.04. The third kappa shape index (κ3) is 4.71. The van der Waals surface area contributed by atoms with Crippen molar-refractivity contribution in [3.05, 3.63) is 0 Å². The van der Waals surface area contributed by atoms with Gasteiger partial charge in [-0.25, -0.2) is 0 Å². The van der Waals surface area contributed by atoms with Crippen LogP contribution in [0.25, 0.3) is 0 Å². The molecule has 0 aromatic carbocycles. The molecule has 0 heterocycles. The van der Waals surface area contributed by atoms with E-state index in [0.717, 1.165) is 38.6 Å². The fraction of sp³-hybridized carbons (Fsp3) is 0.917. The summed E-state index contributed by atoms with van der Waals surface area (Å²) in [6.07, 6.45) is 6.13. The largest absolute Gasteiger partial charge is 0.354 e. The van der Waals surface area contributed by atoms with Gasteiger partial charge in [-0.1, -0.05) is 33.1 Å². The Balaban J connectivity index is 0.00000225. The minimum absolute atomic E-state index is 0. The summed E-state index contributed by atoms with van der Waals surface area (Å²) in [5, 5.41) is 2.96. The van der Waals surface area contributed by atoms with Gasteiger partial charge in [0.2, 0.25) is 5.91 Å². The summed E-state index contributed by atoms with van der Waals surface area (Å²) in [4.78, 5) is 11.9. The molecule has 1 aliphatic rings. The van der Waals surface area contributed by atoms with E-state index in [-0.39, 0.29) is 18.3 Å². The van der Waals surface area contributed by atoms with Crippen molar-refractivity contribution in [1.82, 2.24) is 5.32 Å². The van der Waals surface area contributed by atoms with Crippen LogP contribution in [-0.2, 0) is 4.79 Å². The third-order valence-electron chi connectivity index (χ3n) is 3.21. The second-order valence-corrected chi connectivity index (χ2v) is 5.16. The van der Waals surface area contributed by atoms with Gasteiger partial charge >= 0.3 is 0 Å². The van der Waals surface area contributed by atoms with Crippen LogP contribution in [0.2, 0.25) is 0 Å². The molecule has 1 aliphatic carbocycles. The Labute approximate surface area is 105 Å². The number of amides is 1. The van der Waals surface area contributed by atoms with Crippen LogP contribution in [0.5, 0.6) is 0 Å². The number of rotatable bonds is 4. The van der Waals surface area contributed by atoms with Crippen molar-refractivity contribution in [3.8, 4) is 0 Å². The highest BCUT2D eigenvalue weighted by molar-refractivity contribution is 5.86. The first-order valence-electron chi connectivity index (χ1n) is 6.12. The van der Waals surface area contributed by atoms with Crippen LogP contribution in [0, 0.1) is 5.92 Å². The molecular formula is C12H25ClN2O. The zero-order valence-electron chi connectivity index (χ0n) is 10.4. The Morgan fingerprint density at radius 3 is 2.38 bits per heavy atom. The van der Waals surface area contributed by atoms with Gasteiger partial charge < -0.3 is 11.1 Å². The molecule has 0 saturated heterocycles. The molecule has 0 aromatic rings. The van der Waals surface area contributed by atoms with Gasteiger partial charge in [-0.3, -0.25) is 4.79 Å². The lowest BCUT2D eigenvalue weighted by Crippen LogP contribution is -2.55. The number of carbonyl (C=O) groups is 1. The molecule has 1 fully saturated rings. The first kappa shape index (κ1) is 15.7. The van der Waals surface area contributed by atoms with E-state index >= 15 is 0 Å². The minimum atomic E-state index is -0.574. The third-order valence-corrected chi connectivity index (χ3v) is 3.21. The summed E-state index contributed by atoms with van der Waals surface area (Å²) >= 11 is 0. The van der Waals surface area contributed by atoms with Gasteiger partial charge in [0, 0.05) is 6.54 Å². The quantitative estimate of drug-likeness (QED) is 0.802. The minimum Gasteiger partial charge on any atom is -0.354 e. The van der Waals surface area contributed by atoms with Crippen molar-refractivity contribution in [2.45, 2.75) is 57.9 Å². The molecule has 3 N–H and O–H groups in total. The molecule has 0 aliphatic heterocycles. The van der Waals surface area contributed by atoms with Crippen LogP contribution < -0.4 is 11.1 Å². The maximum absolute atomic E-state index is 11.9. The van der Waals surface area contributed by atoms with Crippen molar-refractivity contribution >= 4 is 18.3 Å². The van der Waals surface area contributed by atoms with Crippen molar-refractivity contribution in [3.63, 3.8) is 0 Å². The standard InChI is InChI=1S/C12H24N2O.ClH/c1-10(2)6-9-14-11(15)12(13)7-4-3-5-8-12;/h10H,3-9,13H2,1-2H3,(H,14,15);1H. The topological polar surface area (TPSA) is 55.1 Å². The lowest BCUT2D eigenvalue weighted by Gasteiger charge is -2.31. The molecule has 96 valence electrons. The van der Waals surface area contributed by atoms with Crippen LogP contribution in [0.1, 0.15) is 52.4 Å². The lowest BCUT2D eigenvalue weighted by molar-refractivity contribution is -0.127. The highest BCUT2D eigenvalue weighted by Crippen LogP contribution is 2.25. The highest BCUT2D eigenvalue weighted by Gasteiger charge is 2.34. The molecule has 16 heavy (non-hydrogen) atoms. The highest BCUT2D eigenvalue weighted by atomic mass is 35.5. The van der Waals surface area contributed by atoms with Gasteiger partial charge in [0.1, 0.15) is 0 Å². The van der Waals surface area contributed by atoms with Gasteiger partial charge in [0.05, 0.1) is 5.54 Å². The smallest absolute Gasteiger partial charge is 0.240 e. The molecule has 1 saturated carbocycles. The Hall–Kier alpha value is -0.280. The van der Waals surface area contributed by atoms with Crippen LogP contribution >= 0.6 is 12.4 Å². The molecule has 0 aromatic heterocycles. The average molecular weight is 249 g/mol. The summed E-state index contributed by atoms with van der Waals surface area (Å²) < 4.78 is 0. The van der Waals surface area contributed by atoms with Gasteiger partial charge in [0.25, 0.3) is 0 Å². The number of carbonyl (C=O) groups excluding carboxylic acids is 1. The maximum Gasteiger partial charge on any atom is 0.240 e. The zero-order valence-corrected chi connectivity index (χ0v) is 11.2. The van der Waals surface area contributed by atoms with Gasteiger partial charge in [-0.2, -0.15) is 0 Å². The predicted molar refractivity (Wildman–Crippen MR) is 69.7 cm³/mol. The van der Waals surface area contributed by atoms with E-state index in [9.17, 15) is 4.79 Å². The first-order valence-corrected chi connectivity index (χ1v) is 6.12. The molecule has 0 unspecified atom stereocenters. The average Bonchev–Trinajstić information content (AvgIpc) is 2.18. The Morgan fingerprint density at radius 2 is 1.88 bits per heavy atom. The maximum atomic E-state index is 11.9. The summed E-state index contributed by atoms with van der Waals surface area (Å²) in [7, 11) is 0. The summed E-state index contributed by atoms with van der Waals surface area (Å²) in [6, 6.07) is 0. The lowest BCUT2D eigenvalue weighted by atomic mass is 9.82. The predicted octanol–water partition coefficient (Wildman–Crippen LogP) is 2.23. The van der Waals surface area contributed by atoms with Crippen molar-refractivity contribution < 1.29 is 4.79 Å². The van der Waals surface area contributed by atoms with E-state index in [1.807, 2.05) is 0 Å². The number of halogens is 1. The normalized spacial score (nSPS) is 19.0. The number of nitrogens with two attached hydrogens (primary N) is 1. The van der Waals surface area contributed by atoms with Gasteiger partial charge in [0.15, 0.2) is 0 Å². The Morgan fingerprint density at radius 1 is 1.31 bits per heavy atom. The number of hydrogen-bond donors (Lipinski definition) is 2. The number of hydrogen-bond acceptors (Lipinski definition) is 2. The molecule has 4 heteroatoms. The van der Waals surface area contributed by atoms with Crippen LogP contribution in [0.15, 0.2) is 0 Å². The second kappa shape index (κ2) is 7.13. The molecule has 0 radical (unpaired) electrons. The van der Waals surface area contributed by atoms with Crippen LogP contribution in [-0.4, -0.2) is 18.0 Å². The molecule has 0 bridgehead atoms. The van der Waals surface area contributed by atoms with Crippen molar-refractivity contribution in [1.29, 1.82) is 0 Å². The van der Waals surface area contributed by atoms with Gasteiger partial charge in [-0.05, 0) is 25.2 Å². The number of nitrogens with one attached hydrogen (secondary N) is 1. The molecule has 3 nitrogen and oxygen atoms in total. The molecule has 1 amide bonds. The van der Waals surface area contributed by atoms with Crippen molar-refractivity contribution in [2.75, 3.05) is 6.54 Å². The van der Waals surface area contributed by atoms with E-state index in [0.29, 0.717) is 5.92 Å². The molecular weight excluding hydrogens is 224 g/mol. The van der Waals surface area contributed by atoms with E-state index in [1.54, 1.807) is 0 Å². The SMILES string of the molecule is CC(C)CCNC(=O)C1(N)CCCCC1.Cl. The summed E-state index contributed by atoms with van der Waals surface area (Å²) in [5.74, 6) is 0.688.